The number of carbonyl (C=O) groups excluding carboxylic acids is 1. The van der Waals surface area contributed by atoms with E-state index in [9.17, 15) is 13.2 Å². The third-order valence-electron chi connectivity index (χ3n) is 7.22. The third-order valence-corrected chi connectivity index (χ3v) is 9.20. The van der Waals surface area contributed by atoms with Crippen LogP contribution in [0, 0.1) is 23.7 Å². The summed E-state index contributed by atoms with van der Waals surface area (Å²) in [4.78, 5) is 17.0. The molecule has 27 heavy (non-hydrogen) atoms. The lowest BCUT2D eigenvalue weighted by Crippen LogP contribution is -2.46. The van der Waals surface area contributed by atoms with E-state index in [0.29, 0.717) is 44.1 Å². The number of ketones is 1. The van der Waals surface area contributed by atoms with E-state index in [2.05, 4.69) is 18.8 Å². The second-order valence-corrected chi connectivity index (χ2v) is 10.9. The molecule has 0 radical (unpaired) electrons. The van der Waals surface area contributed by atoms with Crippen molar-refractivity contribution < 1.29 is 17.9 Å². The van der Waals surface area contributed by atoms with Gasteiger partial charge in [-0.15, -0.1) is 0 Å². The van der Waals surface area contributed by atoms with E-state index in [4.69, 9.17) is 4.74 Å². The number of aromatic nitrogens is 1. The number of nitrogens with zero attached hydrogens (tertiary/aromatic N) is 2. The van der Waals surface area contributed by atoms with Gasteiger partial charge in [-0.05, 0) is 43.6 Å². The SMILES string of the molecule is Cc1cccc(OC2CCN(S(=O)(=O)CC34CCC(CC3=O)C4(C)C)C2)n1. The van der Waals surface area contributed by atoms with E-state index >= 15 is 0 Å². The molecule has 1 saturated heterocycles. The minimum atomic E-state index is -3.51. The van der Waals surface area contributed by atoms with E-state index < -0.39 is 15.4 Å². The molecule has 2 saturated carbocycles. The molecule has 0 amide bonds. The van der Waals surface area contributed by atoms with Crippen LogP contribution in [0.1, 0.15) is 45.2 Å². The zero-order valence-corrected chi connectivity index (χ0v) is 17.1. The highest BCUT2D eigenvalue weighted by Gasteiger charge is 2.65. The molecule has 6 nitrogen and oxygen atoms in total. The van der Waals surface area contributed by atoms with Crippen LogP contribution in [0.4, 0.5) is 0 Å². The Bertz CT molecular complexity index is 866. The van der Waals surface area contributed by atoms with Crippen molar-refractivity contribution in [1.82, 2.24) is 9.29 Å². The minimum absolute atomic E-state index is 0.0578. The normalized spacial score (nSPS) is 32.9. The second-order valence-electron chi connectivity index (χ2n) is 8.93. The van der Waals surface area contributed by atoms with Gasteiger partial charge in [0.2, 0.25) is 15.9 Å². The molecule has 2 heterocycles. The van der Waals surface area contributed by atoms with Gasteiger partial charge in [0.25, 0.3) is 0 Å². The predicted octanol–water partition coefficient (Wildman–Crippen LogP) is 2.57. The summed E-state index contributed by atoms with van der Waals surface area (Å²) in [6, 6.07) is 5.57. The van der Waals surface area contributed by atoms with Crippen LogP contribution in [-0.2, 0) is 14.8 Å². The first-order valence-electron chi connectivity index (χ1n) is 9.75. The fraction of sp³-hybridized carbons (Fsp3) is 0.700. The summed E-state index contributed by atoms with van der Waals surface area (Å²) in [6.07, 6.45) is 2.63. The van der Waals surface area contributed by atoms with Gasteiger partial charge in [0.05, 0.1) is 12.3 Å². The number of ether oxygens (including phenoxy) is 1. The molecule has 3 fully saturated rings. The van der Waals surface area contributed by atoms with E-state index in [0.717, 1.165) is 12.1 Å². The summed E-state index contributed by atoms with van der Waals surface area (Å²) >= 11 is 0. The molecule has 4 rings (SSSR count). The molecule has 3 unspecified atom stereocenters. The maximum Gasteiger partial charge on any atom is 0.215 e. The van der Waals surface area contributed by atoms with Crippen LogP contribution >= 0.6 is 0 Å². The first-order chi connectivity index (χ1) is 12.6. The minimum Gasteiger partial charge on any atom is -0.473 e. The quantitative estimate of drug-likeness (QED) is 0.770. The smallest absolute Gasteiger partial charge is 0.215 e. The van der Waals surface area contributed by atoms with E-state index in [1.54, 1.807) is 6.07 Å². The largest absolute Gasteiger partial charge is 0.473 e. The van der Waals surface area contributed by atoms with Gasteiger partial charge < -0.3 is 4.74 Å². The van der Waals surface area contributed by atoms with Gasteiger partial charge in [-0.1, -0.05) is 19.9 Å². The molecule has 2 aliphatic carbocycles. The maximum absolute atomic E-state index is 13.2. The fourth-order valence-electron chi connectivity index (χ4n) is 5.31. The first-order valence-corrected chi connectivity index (χ1v) is 11.4. The van der Waals surface area contributed by atoms with Gasteiger partial charge in [0, 0.05) is 30.1 Å². The van der Waals surface area contributed by atoms with E-state index in [1.807, 2.05) is 19.1 Å². The van der Waals surface area contributed by atoms with Gasteiger partial charge >= 0.3 is 0 Å². The molecule has 0 aromatic carbocycles. The van der Waals surface area contributed by atoms with Crippen molar-refractivity contribution in [3.05, 3.63) is 23.9 Å². The molecule has 3 atom stereocenters. The van der Waals surface area contributed by atoms with Crippen molar-refractivity contribution in [3.63, 3.8) is 0 Å². The summed E-state index contributed by atoms with van der Waals surface area (Å²) in [5.41, 5.74) is -0.0851. The van der Waals surface area contributed by atoms with Crippen LogP contribution in [0.3, 0.4) is 0 Å². The summed E-state index contributed by atoms with van der Waals surface area (Å²) in [6.45, 7) is 6.81. The van der Waals surface area contributed by atoms with Crippen LogP contribution in [0.15, 0.2) is 18.2 Å². The van der Waals surface area contributed by atoms with Gasteiger partial charge in [-0.3, -0.25) is 4.79 Å². The number of rotatable bonds is 5. The Morgan fingerprint density at radius 2 is 2.07 bits per heavy atom. The Labute approximate surface area is 161 Å². The van der Waals surface area contributed by atoms with Crippen molar-refractivity contribution in [3.8, 4) is 5.88 Å². The molecule has 0 spiro atoms. The first kappa shape index (κ1) is 18.9. The Hall–Kier alpha value is -1.47. The average Bonchev–Trinajstić information content (AvgIpc) is 3.18. The third kappa shape index (κ3) is 2.99. The van der Waals surface area contributed by atoms with Crippen LogP contribution in [0.2, 0.25) is 0 Å². The number of carbonyl (C=O) groups is 1. The van der Waals surface area contributed by atoms with E-state index in [-0.39, 0.29) is 23.1 Å². The summed E-state index contributed by atoms with van der Waals surface area (Å²) in [7, 11) is -3.51. The Morgan fingerprint density at radius 1 is 1.30 bits per heavy atom. The lowest BCUT2D eigenvalue weighted by Gasteiger charge is -2.37. The molecule has 3 aliphatic rings. The zero-order valence-electron chi connectivity index (χ0n) is 16.3. The number of aryl methyl sites for hydroxylation is 1. The zero-order chi connectivity index (χ0) is 19.4. The van der Waals surface area contributed by atoms with Crippen molar-refractivity contribution >= 4 is 15.8 Å². The molecule has 1 aliphatic heterocycles. The molecule has 1 aromatic rings. The monoisotopic (exact) mass is 392 g/mol. The van der Waals surface area contributed by atoms with Crippen molar-refractivity contribution in [1.29, 1.82) is 0 Å². The van der Waals surface area contributed by atoms with Crippen LogP contribution in [-0.4, -0.2) is 48.4 Å². The van der Waals surface area contributed by atoms with Crippen LogP contribution in [0.25, 0.3) is 0 Å². The number of pyridine rings is 1. The van der Waals surface area contributed by atoms with Crippen LogP contribution in [0.5, 0.6) is 5.88 Å². The number of Topliss-reactive ketones (excluding diaryl/α,β-unsaturated/α-hetero) is 1. The molecular formula is C20H28N2O4S. The summed E-state index contributed by atoms with van der Waals surface area (Å²) in [5.74, 6) is 0.937. The number of sulfonamides is 1. The molecule has 7 heteroatoms. The molecule has 2 bridgehead atoms. The fourth-order valence-corrected chi connectivity index (χ4v) is 7.57. The summed E-state index contributed by atoms with van der Waals surface area (Å²) < 4.78 is 33.7. The molecule has 1 aromatic heterocycles. The number of hydrogen-bond acceptors (Lipinski definition) is 5. The predicted molar refractivity (Wildman–Crippen MR) is 102 cm³/mol. The standard InChI is InChI=1S/C20H28N2O4S/c1-14-5-4-6-18(21-14)26-16-8-10-22(12-16)27(24,25)13-20-9-7-15(11-17(20)23)19(20,2)3/h4-6,15-16H,7-13H2,1-3H3. The maximum atomic E-state index is 13.2. The van der Waals surface area contributed by atoms with Gasteiger partial charge in [0.15, 0.2) is 0 Å². The number of fused-ring (bicyclic) bond motifs is 2. The highest BCUT2D eigenvalue weighted by atomic mass is 32.2. The highest BCUT2D eigenvalue weighted by molar-refractivity contribution is 7.89. The lowest BCUT2D eigenvalue weighted by molar-refractivity contribution is -0.128. The lowest BCUT2D eigenvalue weighted by atomic mass is 9.70. The Morgan fingerprint density at radius 3 is 2.70 bits per heavy atom. The Balaban J connectivity index is 1.47. The van der Waals surface area contributed by atoms with Gasteiger partial charge in [0.1, 0.15) is 11.9 Å². The van der Waals surface area contributed by atoms with Crippen LogP contribution < -0.4 is 4.74 Å². The average molecular weight is 393 g/mol. The van der Waals surface area contributed by atoms with Crippen molar-refractivity contribution in [2.75, 3.05) is 18.8 Å². The molecular weight excluding hydrogens is 364 g/mol. The molecule has 148 valence electrons. The van der Waals surface area contributed by atoms with Crippen molar-refractivity contribution in [2.45, 2.75) is 52.6 Å². The molecule has 0 N–H and O–H groups in total. The van der Waals surface area contributed by atoms with Gasteiger partial charge in [-0.25, -0.2) is 13.4 Å². The number of hydrogen-bond donors (Lipinski definition) is 0. The van der Waals surface area contributed by atoms with Gasteiger partial charge in [-0.2, -0.15) is 4.31 Å². The van der Waals surface area contributed by atoms with Crippen molar-refractivity contribution in [2.24, 2.45) is 16.7 Å². The van der Waals surface area contributed by atoms with E-state index in [1.165, 1.54) is 4.31 Å². The summed E-state index contributed by atoms with van der Waals surface area (Å²) in [5, 5.41) is 0. The Kier molecular flexibility index (Phi) is 4.38. The second kappa shape index (κ2) is 6.27. The topological polar surface area (TPSA) is 76.6 Å². The highest BCUT2D eigenvalue weighted by Crippen LogP contribution is 2.64.